The third kappa shape index (κ3) is 6.54. The zero-order valence-corrected chi connectivity index (χ0v) is 26.2. The highest BCUT2D eigenvalue weighted by molar-refractivity contribution is 7.89. The van der Waals surface area contributed by atoms with Gasteiger partial charge >= 0.3 is 0 Å². The molecule has 2 heterocycles. The predicted octanol–water partition coefficient (Wildman–Crippen LogP) is 4.93. The van der Waals surface area contributed by atoms with E-state index in [0.717, 1.165) is 48.0 Å². The van der Waals surface area contributed by atoms with E-state index in [1.807, 2.05) is 55.4 Å². The average Bonchev–Trinajstić information content (AvgIpc) is 3.47. The molecule has 2 aliphatic rings. The van der Waals surface area contributed by atoms with Gasteiger partial charge in [0.1, 0.15) is 11.9 Å². The molecule has 2 fully saturated rings. The minimum absolute atomic E-state index is 0.0621. The molecular formula is C32H44N6O3S. The average molecular weight is 593 g/mol. The van der Waals surface area contributed by atoms with Crippen molar-refractivity contribution in [3.05, 3.63) is 54.1 Å². The summed E-state index contributed by atoms with van der Waals surface area (Å²) >= 11 is 0. The van der Waals surface area contributed by atoms with Crippen LogP contribution in [0.25, 0.3) is 10.9 Å². The first kappa shape index (κ1) is 30.2. The van der Waals surface area contributed by atoms with Crippen molar-refractivity contribution in [2.45, 2.75) is 81.7 Å². The minimum atomic E-state index is -3.75. The summed E-state index contributed by atoms with van der Waals surface area (Å²) in [5.74, 6) is 1.70. The number of nitrogens with zero attached hydrogens (tertiary/aromatic N) is 4. The van der Waals surface area contributed by atoms with Gasteiger partial charge in [-0.1, -0.05) is 45.0 Å². The lowest BCUT2D eigenvalue weighted by molar-refractivity contribution is -0.124. The number of para-hydroxylation sites is 1. The molecule has 2 N–H and O–H groups in total. The van der Waals surface area contributed by atoms with E-state index in [0.29, 0.717) is 37.8 Å². The number of carbonyl (C=O) groups is 1. The molecule has 3 aromatic rings. The van der Waals surface area contributed by atoms with Gasteiger partial charge in [-0.3, -0.25) is 4.79 Å². The third-order valence-corrected chi connectivity index (χ3v) is 10.5. The Labute approximate surface area is 250 Å². The number of benzene rings is 2. The van der Waals surface area contributed by atoms with Gasteiger partial charge in [-0.25, -0.2) is 13.4 Å². The Bertz CT molecular complexity index is 1510. The SMILES string of the molecule is CN(C)c1nc(N[C@H]2CC[C@@H](CNC(=O)[C@@H]3CCCN3S(=O)(=O)c3ccc(C(C)(C)C)cc3)CC2)nc2ccccc12. The number of amides is 1. The van der Waals surface area contributed by atoms with Gasteiger partial charge in [0.15, 0.2) is 0 Å². The molecule has 10 heteroatoms. The Morgan fingerprint density at radius 2 is 1.67 bits per heavy atom. The van der Waals surface area contributed by atoms with Gasteiger partial charge in [0, 0.05) is 38.6 Å². The summed E-state index contributed by atoms with van der Waals surface area (Å²) in [6, 6.07) is 14.7. The van der Waals surface area contributed by atoms with Crippen LogP contribution in [0.4, 0.5) is 11.8 Å². The molecule has 2 aromatic carbocycles. The Morgan fingerprint density at radius 3 is 2.33 bits per heavy atom. The lowest BCUT2D eigenvalue weighted by Crippen LogP contribution is -2.47. The highest BCUT2D eigenvalue weighted by Crippen LogP contribution is 2.30. The zero-order valence-electron chi connectivity index (χ0n) is 25.4. The molecule has 1 saturated carbocycles. The van der Waals surface area contributed by atoms with Crippen molar-refractivity contribution < 1.29 is 13.2 Å². The van der Waals surface area contributed by atoms with Crippen LogP contribution in [0.1, 0.15) is 64.9 Å². The molecule has 1 saturated heterocycles. The second kappa shape index (κ2) is 12.2. The number of carbonyl (C=O) groups excluding carboxylic acids is 1. The largest absolute Gasteiger partial charge is 0.362 e. The summed E-state index contributed by atoms with van der Waals surface area (Å²) < 4.78 is 28.3. The molecule has 226 valence electrons. The molecule has 1 amide bonds. The maximum absolute atomic E-state index is 13.5. The van der Waals surface area contributed by atoms with Gasteiger partial charge < -0.3 is 15.5 Å². The zero-order chi connectivity index (χ0) is 30.1. The summed E-state index contributed by atoms with van der Waals surface area (Å²) in [5.41, 5.74) is 1.93. The van der Waals surface area contributed by atoms with Crippen LogP contribution < -0.4 is 15.5 Å². The number of aromatic nitrogens is 2. The summed E-state index contributed by atoms with van der Waals surface area (Å²) in [5, 5.41) is 7.65. The fourth-order valence-corrected chi connectivity index (χ4v) is 7.73. The Hall–Kier alpha value is -3.24. The molecule has 0 unspecified atom stereocenters. The molecule has 42 heavy (non-hydrogen) atoms. The molecule has 0 spiro atoms. The molecule has 0 radical (unpaired) electrons. The van der Waals surface area contributed by atoms with Crippen molar-refractivity contribution >= 4 is 38.6 Å². The van der Waals surface area contributed by atoms with Crippen LogP contribution in [0.3, 0.4) is 0 Å². The van der Waals surface area contributed by atoms with E-state index in [2.05, 4.69) is 31.4 Å². The van der Waals surface area contributed by atoms with Crippen molar-refractivity contribution in [2.24, 2.45) is 5.92 Å². The molecule has 9 nitrogen and oxygen atoms in total. The van der Waals surface area contributed by atoms with Crippen LogP contribution in [-0.2, 0) is 20.2 Å². The summed E-state index contributed by atoms with van der Waals surface area (Å²) in [6.45, 7) is 7.22. The van der Waals surface area contributed by atoms with E-state index < -0.39 is 16.1 Å². The van der Waals surface area contributed by atoms with Crippen molar-refractivity contribution in [1.29, 1.82) is 0 Å². The quantitative estimate of drug-likeness (QED) is 0.382. The maximum atomic E-state index is 13.5. The van der Waals surface area contributed by atoms with Gasteiger partial charge in [0.2, 0.25) is 21.9 Å². The van der Waals surface area contributed by atoms with E-state index in [-0.39, 0.29) is 22.3 Å². The predicted molar refractivity (Wildman–Crippen MR) is 168 cm³/mol. The van der Waals surface area contributed by atoms with Gasteiger partial charge in [-0.05, 0) is 79.7 Å². The number of anilines is 2. The second-order valence-electron chi connectivity index (χ2n) is 12.9. The summed E-state index contributed by atoms with van der Waals surface area (Å²) in [6.07, 6.45) is 5.09. The van der Waals surface area contributed by atoms with E-state index >= 15 is 0 Å². The van der Waals surface area contributed by atoms with Gasteiger partial charge in [0.05, 0.1) is 10.4 Å². The topological polar surface area (TPSA) is 108 Å². The van der Waals surface area contributed by atoms with Gasteiger partial charge in [0.25, 0.3) is 0 Å². The van der Waals surface area contributed by atoms with Crippen molar-refractivity contribution in [1.82, 2.24) is 19.6 Å². The summed E-state index contributed by atoms with van der Waals surface area (Å²) in [4.78, 5) is 25.0. The monoisotopic (exact) mass is 592 g/mol. The highest BCUT2D eigenvalue weighted by Gasteiger charge is 2.39. The van der Waals surface area contributed by atoms with Crippen molar-refractivity contribution in [3.63, 3.8) is 0 Å². The number of rotatable bonds is 8. The van der Waals surface area contributed by atoms with Crippen molar-refractivity contribution in [3.8, 4) is 0 Å². The molecule has 1 atom stereocenters. The van der Waals surface area contributed by atoms with Crippen LogP contribution >= 0.6 is 0 Å². The fourth-order valence-electron chi connectivity index (χ4n) is 6.07. The number of fused-ring (bicyclic) bond motifs is 1. The molecule has 1 aliphatic carbocycles. The molecule has 5 rings (SSSR count). The maximum Gasteiger partial charge on any atom is 0.243 e. The Kier molecular flexibility index (Phi) is 8.76. The van der Waals surface area contributed by atoms with Crippen LogP contribution in [0.2, 0.25) is 0 Å². The number of hydrogen-bond donors (Lipinski definition) is 2. The van der Waals surface area contributed by atoms with E-state index in [1.54, 1.807) is 12.1 Å². The first-order valence-corrected chi connectivity index (χ1v) is 16.5. The normalized spacial score (nSPS) is 21.8. The molecule has 0 bridgehead atoms. The van der Waals surface area contributed by atoms with Gasteiger partial charge in [-0.15, -0.1) is 0 Å². The van der Waals surface area contributed by atoms with Crippen LogP contribution in [0, 0.1) is 5.92 Å². The Morgan fingerprint density at radius 1 is 0.976 bits per heavy atom. The lowest BCUT2D eigenvalue weighted by atomic mass is 9.86. The molecule has 1 aromatic heterocycles. The van der Waals surface area contributed by atoms with Crippen LogP contribution in [-0.4, -0.2) is 67.9 Å². The number of nitrogens with one attached hydrogen (secondary N) is 2. The first-order valence-electron chi connectivity index (χ1n) is 15.0. The van der Waals surface area contributed by atoms with E-state index in [9.17, 15) is 13.2 Å². The fraction of sp³-hybridized carbons (Fsp3) is 0.531. The molecular weight excluding hydrogens is 548 g/mol. The Balaban J connectivity index is 1.14. The molecule has 1 aliphatic heterocycles. The highest BCUT2D eigenvalue weighted by atomic mass is 32.2. The lowest BCUT2D eigenvalue weighted by Gasteiger charge is -2.30. The van der Waals surface area contributed by atoms with Crippen LogP contribution in [0.15, 0.2) is 53.4 Å². The number of sulfonamides is 1. The van der Waals surface area contributed by atoms with E-state index in [4.69, 9.17) is 9.97 Å². The van der Waals surface area contributed by atoms with E-state index in [1.165, 1.54) is 4.31 Å². The number of hydrogen-bond acceptors (Lipinski definition) is 7. The van der Waals surface area contributed by atoms with Crippen molar-refractivity contribution in [2.75, 3.05) is 37.4 Å². The second-order valence-corrected chi connectivity index (χ2v) is 14.8. The van der Waals surface area contributed by atoms with Gasteiger partial charge in [-0.2, -0.15) is 9.29 Å². The first-order chi connectivity index (χ1) is 19.9. The minimum Gasteiger partial charge on any atom is -0.362 e. The summed E-state index contributed by atoms with van der Waals surface area (Å²) in [7, 11) is 0.229. The smallest absolute Gasteiger partial charge is 0.243 e. The van der Waals surface area contributed by atoms with Crippen LogP contribution in [0.5, 0.6) is 0 Å². The standard InChI is InChI=1S/C32H44N6O3S/c1-32(2,3)23-14-18-25(19-15-23)42(40,41)38-20-8-11-28(38)30(39)33-21-22-12-16-24(17-13-22)34-31-35-27-10-7-6-9-26(27)29(36-31)37(4)5/h6-7,9-10,14-15,18-19,22,24,28H,8,11-13,16-17,20-21H2,1-5H3,(H,33,39)(H,34,35,36)/t22-,24+,28-/m0/s1. The third-order valence-electron chi connectivity index (χ3n) is 8.58.